The zero-order chi connectivity index (χ0) is 17.8. The van der Waals surface area contributed by atoms with Crippen molar-refractivity contribution >= 4 is 23.5 Å². The lowest BCUT2D eigenvalue weighted by atomic mass is 10.1. The van der Waals surface area contributed by atoms with Gasteiger partial charge in [0.15, 0.2) is 0 Å². The van der Waals surface area contributed by atoms with E-state index >= 15 is 0 Å². The smallest absolute Gasteiger partial charge is 0.339 e. The quantitative estimate of drug-likeness (QED) is 0.840. The van der Waals surface area contributed by atoms with E-state index in [1.807, 2.05) is 0 Å². The van der Waals surface area contributed by atoms with E-state index in [1.54, 1.807) is 47.6 Å². The van der Waals surface area contributed by atoms with Crippen LogP contribution in [0.3, 0.4) is 0 Å². The van der Waals surface area contributed by atoms with Crippen LogP contribution in [0.1, 0.15) is 22.5 Å². The molecule has 2 aromatic rings. The van der Waals surface area contributed by atoms with Gasteiger partial charge in [0.1, 0.15) is 5.76 Å². The molecule has 3 rings (SSSR count). The van der Waals surface area contributed by atoms with Crippen molar-refractivity contribution in [3.63, 3.8) is 0 Å². The lowest BCUT2D eigenvalue weighted by Gasteiger charge is -2.15. The molecule has 1 N–H and O–H groups in total. The number of hydrogen-bond acceptors (Lipinski definition) is 5. The number of carbonyl (C=O) groups excluding carboxylic acids is 3. The second kappa shape index (κ2) is 7.21. The maximum atomic E-state index is 12.5. The van der Waals surface area contributed by atoms with Gasteiger partial charge in [-0.3, -0.25) is 9.59 Å². The SMILES string of the molecule is COC(=O)c1ccccc1NC(=O)[C@H]1CC(=O)N(Cc2ccco2)C1. The summed E-state index contributed by atoms with van der Waals surface area (Å²) in [5.74, 6) is -0.735. The summed E-state index contributed by atoms with van der Waals surface area (Å²) >= 11 is 0. The van der Waals surface area contributed by atoms with Gasteiger partial charge in [-0.25, -0.2) is 4.79 Å². The number of methoxy groups -OCH3 is 1. The summed E-state index contributed by atoms with van der Waals surface area (Å²) in [5.41, 5.74) is 0.645. The molecule has 25 heavy (non-hydrogen) atoms. The fourth-order valence-corrected chi connectivity index (χ4v) is 2.81. The summed E-state index contributed by atoms with van der Waals surface area (Å²) < 4.78 is 9.96. The van der Waals surface area contributed by atoms with Crippen molar-refractivity contribution in [3.05, 3.63) is 54.0 Å². The minimum atomic E-state index is -0.530. The molecule has 2 heterocycles. The van der Waals surface area contributed by atoms with Crippen LogP contribution in [-0.4, -0.2) is 36.3 Å². The van der Waals surface area contributed by atoms with Crippen LogP contribution in [0.5, 0.6) is 0 Å². The average molecular weight is 342 g/mol. The summed E-state index contributed by atoms with van der Waals surface area (Å²) in [5, 5.41) is 2.73. The summed E-state index contributed by atoms with van der Waals surface area (Å²) in [7, 11) is 1.28. The highest BCUT2D eigenvalue weighted by molar-refractivity contribution is 6.03. The number of esters is 1. The largest absolute Gasteiger partial charge is 0.467 e. The molecule has 1 aromatic carbocycles. The van der Waals surface area contributed by atoms with Gasteiger partial charge in [0, 0.05) is 13.0 Å². The van der Waals surface area contributed by atoms with Gasteiger partial charge in [0.25, 0.3) is 0 Å². The summed E-state index contributed by atoms with van der Waals surface area (Å²) in [6.45, 7) is 0.653. The predicted molar refractivity (Wildman–Crippen MR) is 88.6 cm³/mol. The maximum Gasteiger partial charge on any atom is 0.339 e. The van der Waals surface area contributed by atoms with Crippen LogP contribution in [0.4, 0.5) is 5.69 Å². The Kier molecular flexibility index (Phi) is 4.83. The van der Waals surface area contributed by atoms with Crippen molar-refractivity contribution < 1.29 is 23.5 Å². The molecule has 0 saturated carbocycles. The van der Waals surface area contributed by atoms with E-state index in [2.05, 4.69) is 5.32 Å². The van der Waals surface area contributed by atoms with Crippen LogP contribution in [0.25, 0.3) is 0 Å². The third-order valence-electron chi connectivity index (χ3n) is 4.10. The van der Waals surface area contributed by atoms with Gasteiger partial charge in [-0.05, 0) is 24.3 Å². The normalized spacial score (nSPS) is 16.8. The third kappa shape index (κ3) is 3.71. The highest BCUT2D eigenvalue weighted by atomic mass is 16.5. The van der Waals surface area contributed by atoms with E-state index in [4.69, 9.17) is 9.15 Å². The number of anilines is 1. The number of para-hydroxylation sites is 1. The number of amides is 2. The Morgan fingerprint density at radius 1 is 1.28 bits per heavy atom. The molecule has 1 aromatic heterocycles. The standard InChI is InChI=1S/C18H18N2O5/c1-24-18(23)14-6-2-3-7-15(14)19-17(22)12-9-16(21)20(10-12)11-13-5-4-8-25-13/h2-8,12H,9-11H2,1H3,(H,19,22)/t12-/m0/s1. The first-order valence-corrected chi connectivity index (χ1v) is 7.87. The number of hydrogen-bond donors (Lipinski definition) is 1. The lowest BCUT2D eigenvalue weighted by Crippen LogP contribution is -2.28. The Labute approximate surface area is 144 Å². The van der Waals surface area contributed by atoms with Crippen LogP contribution in [0, 0.1) is 5.92 Å². The molecular weight excluding hydrogens is 324 g/mol. The van der Waals surface area contributed by atoms with Crippen LogP contribution in [0.15, 0.2) is 47.1 Å². The molecule has 1 aliphatic rings. The zero-order valence-corrected chi connectivity index (χ0v) is 13.7. The first-order valence-electron chi connectivity index (χ1n) is 7.87. The van der Waals surface area contributed by atoms with Gasteiger partial charge in [-0.1, -0.05) is 12.1 Å². The molecule has 1 atom stereocenters. The van der Waals surface area contributed by atoms with E-state index in [0.717, 1.165) is 0 Å². The topological polar surface area (TPSA) is 88.8 Å². The van der Waals surface area contributed by atoms with Crippen molar-refractivity contribution in [2.45, 2.75) is 13.0 Å². The minimum Gasteiger partial charge on any atom is -0.467 e. The predicted octanol–water partition coefficient (Wildman–Crippen LogP) is 2.05. The molecule has 0 aliphatic carbocycles. The van der Waals surface area contributed by atoms with Crippen LogP contribution >= 0.6 is 0 Å². The number of rotatable bonds is 5. The molecule has 1 aliphatic heterocycles. The van der Waals surface area contributed by atoms with Crippen molar-refractivity contribution in [3.8, 4) is 0 Å². The number of nitrogens with zero attached hydrogens (tertiary/aromatic N) is 1. The second-order valence-corrected chi connectivity index (χ2v) is 5.78. The fourth-order valence-electron chi connectivity index (χ4n) is 2.81. The van der Waals surface area contributed by atoms with Gasteiger partial charge in [0.2, 0.25) is 11.8 Å². The Bertz CT molecular complexity index is 785. The Morgan fingerprint density at radius 3 is 2.80 bits per heavy atom. The number of ether oxygens (including phenoxy) is 1. The van der Waals surface area contributed by atoms with Crippen molar-refractivity contribution in [2.75, 3.05) is 19.0 Å². The second-order valence-electron chi connectivity index (χ2n) is 5.78. The number of likely N-dealkylation sites (tertiary alicyclic amines) is 1. The van der Waals surface area contributed by atoms with Crippen LogP contribution in [-0.2, 0) is 20.9 Å². The summed E-state index contributed by atoms with van der Waals surface area (Å²) in [4.78, 5) is 38.0. The van der Waals surface area contributed by atoms with E-state index in [0.29, 0.717) is 24.5 Å². The van der Waals surface area contributed by atoms with E-state index in [1.165, 1.54) is 7.11 Å². The van der Waals surface area contributed by atoms with Gasteiger partial charge in [-0.15, -0.1) is 0 Å². The Morgan fingerprint density at radius 2 is 2.08 bits per heavy atom. The first-order chi connectivity index (χ1) is 12.1. The zero-order valence-electron chi connectivity index (χ0n) is 13.7. The van der Waals surface area contributed by atoms with Crippen LogP contribution < -0.4 is 5.32 Å². The summed E-state index contributed by atoms with van der Waals surface area (Å²) in [6, 6.07) is 10.1. The van der Waals surface area contributed by atoms with Crippen molar-refractivity contribution in [1.82, 2.24) is 4.90 Å². The molecule has 7 nitrogen and oxygen atoms in total. The monoisotopic (exact) mass is 342 g/mol. The number of benzene rings is 1. The molecule has 0 bridgehead atoms. The molecule has 7 heteroatoms. The van der Waals surface area contributed by atoms with E-state index in [9.17, 15) is 14.4 Å². The molecular formula is C18H18N2O5. The molecule has 2 amide bonds. The molecule has 1 fully saturated rings. The molecule has 130 valence electrons. The van der Waals surface area contributed by atoms with Crippen molar-refractivity contribution in [2.24, 2.45) is 5.92 Å². The van der Waals surface area contributed by atoms with E-state index in [-0.39, 0.29) is 23.8 Å². The van der Waals surface area contributed by atoms with Gasteiger partial charge < -0.3 is 19.4 Å². The third-order valence-corrected chi connectivity index (χ3v) is 4.10. The van der Waals surface area contributed by atoms with Gasteiger partial charge >= 0.3 is 5.97 Å². The Balaban J connectivity index is 1.66. The van der Waals surface area contributed by atoms with Crippen LogP contribution in [0.2, 0.25) is 0 Å². The average Bonchev–Trinajstić information content (AvgIpc) is 3.25. The first kappa shape index (κ1) is 16.8. The minimum absolute atomic E-state index is 0.0993. The molecule has 0 unspecified atom stereocenters. The summed E-state index contributed by atoms with van der Waals surface area (Å²) in [6.07, 6.45) is 1.68. The Hall–Kier alpha value is -3.09. The molecule has 0 radical (unpaired) electrons. The lowest BCUT2D eigenvalue weighted by molar-refractivity contribution is -0.128. The molecule has 0 spiro atoms. The highest BCUT2D eigenvalue weighted by Gasteiger charge is 2.35. The number of nitrogens with one attached hydrogen (secondary N) is 1. The van der Waals surface area contributed by atoms with Gasteiger partial charge in [0.05, 0.1) is 37.1 Å². The number of furan rings is 1. The maximum absolute atomic E-state index is 12.5. The highest BCUT2D eigenvalue weighted by Crippen LogP contribution is 2.23. The van der Waals surface area contributed by atoms with E-state index < -0.39 is 11.9 Å². The molecule has 1 saturated heterocycles. The fraction of sp³-hybridized carbons (Fsp3) is 0.278. The van der Waals surface area contributed by atoms with Crippen molar-refractivity contribution in [1.29, 1.82) is 0 Å². The number of carbonyl (C=O) groups is 3. The van der Waals surface area contributed by atoms with Gasteiger partial charge in [-0.2, -0.15) is 0 Å².